The van der Waals surface area contributed by atoms with Crippen LogP contribution in [-0.4, -0.2) is 22.9 Å². The number of carbonyl (C=O) groups is 1. The summed E-state index contributed by atoms with van der Waals surface area (Å²) in [5, 5.41) is 8.34. The first-order chi connectivity index (χ1) is 4.68. The van der Waals surface area contributed by atoms with E-state index in [1.54, 1.807) is 0 Å². The van der Waals surface area contributed by atoms with Gasteiger partial charge in [0.25, 0.3) is 0 Å². The molecule has 0 saturated carbocycles. The fourth-order valence-electron chi connectivity index (χ4n) is 0.600. The lowest BCUT2D eigenvalue weighted by Crippen LogP contribution is -2.29. The summed E-state index contributed by atoms with van der Waals surface area (Å²) in [6.45, 7) is 0. The molecule has 0 aromatic rings. The number of thiol groups is 1. The van der Waals surface area contributed by atoms with Crippen molar-refractivity contribution in [3.63, 3.8) is 0 Å². The monoisotopic (exact) mass is 163 g/mol. The Morgan fingerprint density at radius 2 is 2.20 bits per heavy atom. The van der Waals surface area contributed by atoms with Crippen LogP contribution in [0.2, 0.25) is 0 Å². The molecule has 0 aliphatic heterocycles. The molecule has 0 amide bonds. The number of hydrogen-bond acceptors (Lipinski definition) is 3. The lowest BCUT2D eigenvalue weighted by Gasteiger charge is -2.03. The second kappa shape index (κ2) is 5.56. The summed E-state index contributed by atoms with van der Waals surface area (Å²) < 4.78 is 0. The molecule has 0 aromatic carbocycles. The summed E-state index contributed by atoms with van der Waals surface area (Å²) in [7, 11) is 0. The van der Waals surface area contributed by atoms with Crippen LogP contribution in [0.5, 0.6) is 0 Å². The fraction of sp³-hybridized carbons (Fsp3) is 0.833. The third-order valence-electron chi connectivity index (χ3n) is 1.24. The van der Waals surface area contributed by atoms with Crippen LogP contribution < -0.4 is 5.73 Å². The van der Waals surface area contributed by atoms with E-state index in [0.29, 0.717) is 6.42 Å². The molecule has 1 atom stereocenters. The Kier molecular flexibility index (Phi) is 5.43. The first kappa shape index (κ1) is 9.78. The van der Waals surface area contributed by atoms with Crippen LogP contribution in [0.3, 0.4) is 0 Å². The number of hydrogen-bond donors (Lipinski definition) is 3. The van der Waals surface area contributed by atoms with Gasteiger partial charge in [-0.2, -0.15) is 12.6 Å². The maximum atomic E-state index is 10.1. The van der Waals surface area contributed by atoms with E-state index in [9.17, 15) is 4.79 Å². The van der Waals surface area contributed by atoms with E-state index in [4.69, 9.17) is 10.8 Å². The fourth-order valence-corrected chi connectivity index (χ4v) is 0.823. The van der Waals surface area contributed by atoms with Gasteiger partial charge in [0, 0.05) is 0 Å². The van der Waals surface area contributed by atoms with Gasteiger partial charge in [-0.05, 0) is 18.6 Å². The molecule has 60 valence electrons. The van der Waals surface area contributed by atoms with E-state index >= 15 is 0 Å². The molecule has 0 spiro atoms. The minimum Gasteiger partial charge on any atom is -0.480 e. The van der Waals surface area contributed by atoms with Crippen molar-refractivity contribution >= 4 is 18.6 Å². The summed E-state index contributed by atoms with van der Waals surface area (Å²) in [6.07, 6.45) is 2.33. The van der Waals surface area contributed by atoms with Crippen molar-refractivity contribution in [2.24, 2.45) is 5.73 Å². The van der Waals surface area contributed by atoms with Gasteiger partial charge >= 0.3 is 5.97 Å². The van der Waals surface area contributed by atoms with Crippen LogP contribution >= 0.6 is 12.6 Å². The molecule has 0 aliphatic carbocycles. The second-order valence-electron chi connectivity index (χ2n) is 2.16. The summed E-state index contributed by atoms with van der Waals surface area (Å²) in [6, 6.07) is -0.695. The summed E-state index contributed by atoms with van der Waals surface area (Å²) >= 11 is 3.99. The van der Waals surface area contributed by atoms with Crippen molar-refractivity contribution < 1.29 is 9.90 Å². The van der Waals surface area contributed by atoms with E-state index in [0.717, 1.165) is 18.6 Å². The first-order valence-corrected chi connectivity index (χ1v) is 3.91. The van der Waals surface area contributed by atoms with Gasteiger partial charge < -0.3 is 10.8 Å². The predicted octanol–water partition coefficient (Wildman–Crippen LogP) is 0.498. The van der Waals surface area contributed by atoms with E-state index in [2.05, 4.69) is 12.6 Å². The topological polar surface area (TPSA) is 63.3 Å². The van der Waals surface area contributed by atoms with Crippen molar-refractivity contribution in [1.82, 2.24) is 0 Å². The molecule has 0 unspecified atom stereocenters. The molecule has 0 aliphatic rings. The molecule has 0 aromatic heterocycles. The van der Waals surface area contributed by atoms with Crippen molar-refractivity contribution in [2.45, 2.75) is 25.3 Å². The van der Waals surface area contributed by atoms with Gasteiger partial charge in [0.1, 0.15) is 6.04 Å². The quantitative estimate of drug-likeness (QED) is 0.408. The highest BCUT2D eigenvalue weighted by molar-refractivity contribution is 7.80. The number of unbranched alkanes of at least 4 members (excludes halogenated alkanes) is 1. The molecule has 0 fully saturated rings. The number of nitrogens with two attached hydrogens (primary N) is 1. The van der Waals surface area contributed by atoms with Gasteiger partial charge in [0.2, 0.25) is 0 Å². The number of rotatable bonds is 5. The number of aliphatic carboxylic acids is 1. The van der Waals surface area contributed by atoms with Gasteiger partial charge in [-0.3, -0.25) is 4.79 Å². The SMILES string of the molecule is N[C@H](CCCCS)C(=O)O. The molecule has 0 bridgehead atoms. The van der Waals surface area contributed by atoms with Crippen LogP contribution in [-0.2, 0) is 4.79 Å². The Hall–Kier alpha value is -0.220. The first-order valence-electron chi connectivity index (χ1n) is 3.27. The van der Waals surface area contributed by atoms with Gasteiger partial charge in [0.05, 0.1) is 0 Å². The lowest BCUT2D eigenvalue weighted by molar-refractivity contribution is -0.138. The van der Waals surface area contributed by atoms with Crippen molar-refractivity contribution in [3.05, 3.63) is 0 Å². The zero-order valence-electron chi connectivity index (χ0n) is 5.79. The molecule has 3 nitrogen and oxygen atoms in total. The molecule has 4 heteroatoms. The summed E-state index contributed by atoms with van der Waals surface area (Å²) in [4.78, 5) is 10.1. The Labute approximate surface area is 66.0 Å². The highest BCUT2D eigenvalue weighted by atomic mass is 32.1. The highest BCUT2D eigenvalue weighted by Crippen LogP contribution is 1.99. The molecule has 10 heavy (non-hydrogen) atoms. The third-order valence-corrected chi connectivity index (χ3v) is 1.56. The molecule has 0 rings (SSSR count). The molecule has 0 heterocycles. The van der Waals surface area contributed by atoms with E-state index in [-0.39, 0.29) is 0 Å². The zero-order valence-corrected chi connectivity index (χ0v) is 6.68. The van der Waals surface area contributed by atoms with E-state index in [1.807, 2.05) is 0 Å². The van der Waals surface area contributed by atoms with E-state index in [1.165, 1.54) is 0 Å². The smallest absolute Gasteiger partial charge is 0.320 e. The predicted molar refractivity (Wildman–Crippen MR) is 43.3 cm³/mol. The Morgan fingerprint density at radius 1 is 1.60 bits per heavy atom. The Balaban J connectivity index is 3.21. The standard InChI is InChI=1S/C6H13NO2S/c7-5(6(8)9)3-1-2-4-10/h5,10H,1-4,7H2,(H,8,9)/t5-/m1/s1. The van der Waals surface area contributed by atoms with E-state index < -0.39 is 12.0 Å². The average Bonchev–Trinajstić information content (AvgIpc) is 1.88. The molecular formula is C6H13NO2S. The van der Waals surface area contributed by atoms with Crippen LogP contribution in [0.4, 0.5) is 0 Å². The van der Waals surface area contributed by atoms with Crippen LogP contribution in [0, 0.1) is 0 Å². The van der Waals surface area contributed by atoms with Gasteiger partial charge in [-0.1, -0.05) is 6.42 Å². The largest absolute Gasteiger partial charge is 0.480 e. The number of carboxylic acid groups (broad SMARTS) is 1. The lowest BCUT2D eigenvalue weighted by atomic mass is 10.1. The number of carboxylic acids is 1. The molecular weight excluding hydrogens is 150 g/mol. The molecule has 0 radical (unpaired) electrons. The zero-order chi connectivity index (χ0) is 7.98. The normalized spacial score (nSPS) is 13.0. The van der Waals surface area contributed by atoms with Crippen LogP contribution in [0.15, 0.2) is 0 Å². The average molecular weight is 163 g/mol. The third kappa shape index (κ3) is 4.64. The van der Waals surface area contributed by atoms with Gasteiger partial charge in [0.15, 0.2) is 0 Å². The maximum absolute atomic E-state index is 10.1. The minimum atomic E-state index is -0.917. The van der Waals surface area contributed by atoms with Gasteiger partial charge in [-0.15, -0.1) is 0 Å². The van der Waals surface area contributed by atoms with Crippen molar-refractivity contribution in [1.29, 1.82) is 0 Å². The maximum Gasteiger partial charge on any atom is 0.320 e. The van der Waals surface area contributed by atoms with Crippen molar-refractivity contribution in [3.8, 4) is 0 Å². The minimum absolute atomic E-state index is 0.551. The summed E-state index contributed by atoms with van der Waals surface area (Å²) in [5.74, 6) is -0.119. The van der Waals surface area contributed by atoms with Crippen LogP contribution in [0.1, 0.15) is 19.3 Å². The summed E-state index contributed by atoms with van der Waals surface area (Å²) in [5.41, 5.74) is 5.23. The Morgan fingerprint density at radius 3 is 2.60 bits per heavy atom. The highest BCUT2D eigenvalue weighted by Gasteiger charge is 2.09. The van der Waals surface area contributed by atoms with Gasteiger partial charge in [-0.25, -0.2) is 0 Å². The molecule has 3 N–H and O–H groups in total. The molecule has 0 saturated heterocycles. The van der Waals surface area contributed by atoms with Crippen molar-refractivity contribution in [2.75, 3.05) is 5.75 Å². The van der Waals surface area contributed by atoms with Crippen LogP contribution in [0.25, 0.3) is 0 Å². The Bertz CT molecular complexity index is 108. The second-order valence-corrected chi connectivity index (χ2v) is 2.61.